The van der Waals surface area contributed by atoms with Gasteiger partial charge in [-0.1, -0.05) is 13.0 Å². The summed E-state index contributed by atoms with van der Waals surface area (Å²) < 4.78 is 30.4. The summed E-state index contributed by atoms with van der Waals surface area (Å²) in [5.74, 6) is -1.37. The van der Waals surface area contributed by atoms with Crippen molar-refractivity contribution >= 4 is 13.8 Å². The number of hydrogen-bond acceptors (Lipinski definition) is 7. The number of carbonyl (C=O) groups excluding carboxylic acids is 1. The van der Waals surface area contributed by atoms with Crippen molar-refractivity contribution in [1.82, 2.24) is 0 Å². The Morgan fingerprint density at radius 3 is 2.64 bits per heavy atom. The third-order valence-electron chi connectivity index (χ3n) is 2.18. The van der Waals surface area contributed by atoms with Gasteiger partial charge in [0.25, 0.3) is 0 Å². The normalized spacial score (nSPS) is 14.9. The van der Waals surface area contributed by atoms with Crippen molar-refractivity contribution in [1.29, 1.82) is 0 Å². The minimum atomic E-state index is -4.27. The van der Waals surface area contributed by atoms with Gasteiger partial charge in [0.1, 0.15) is 12.7 Å². The first-order valence-corrected chi connectivity index (χ1v) is 8.18. The smallest absolute Gasteiger partial charge is 0.472 e. The summed E-state index contributed by atoms with van der Waals surface area (Å²) in [5, 5.41) is 10.7. The number of hydrogen-bond donors (Lipinski definition) is 2. The van der Waals surface area contributed by atoms with E-state index in [2.05, 4.69) is 28.5 Å². The Labute approximate surface area is 129 Å². The van der Waals surface area contributed by atoms with E-state index in [1.807, 2.05) is 0 Å². The van der Waals surface area contributed by atoms with Crippen LogP contribution in [0.3, 0.4) is 0 Å². The van der Waals surface area contributed by atoms with Crippen molar-refractivity contribution in [3.63, 3.8) is 0 Å². The predicted octanol–water partition coefficient (Wildman–Crippen LogP) is -0.874. The van der Waals surface area contributed by atoms with Crippen molar-refractivity contribution in [2.75, 3.05) is 26.4 Å². The predicted molar refractivity (Wildman–Crippen MR) is 73.7 cm³/mol. The molecule has 1 unspecified atom stereocenters. The van der Waals surface area contributed by atoms with Gasteiger partial charge >= 0.3 is 13.8 Å². The molecule has 0 heterocycles. The van der Waals surface area contributed by atoms with Gasteiger partial charge in [-0.05, 0) is 0 Å². The van der Waals surface area contributed by atoms with Gasteiger partial charge in [-0.3, -0.25) is 13.8 Å². The Morgan fingerprint density at radius 1 is 1.41 bits per heavy atom. The highest BCUT2D eigenvalue weighted by atomic mass is 31.2. The largest absolute Gasteiger partial charge is 0.610 e. The summed E-state index contributed by atoms with van der Waals surface area (Å²) in [4.78, 5) is 20.9. The summed E-state index contributed by atoms with van der Waals surface area (Å²) in [6.07, 6.45) is 0.195. The lowest BCUT2D eigenvalue weighted by Gasteiger charge is -2.23. The molecule has 9 nitrogen and oxygen atoms in total. The molecule has 0 aliphatic rings. The third kappa shape index (κ3) is 11.5. The second kappa shape index (κ2) is 11.4. The van der Waals surface area contributed by atoms with Gasteiger partial charge < -0.3 is 32.1 Å². The molecule has 22 heavy (non-hydrogen) atoms. The number of ether oxygens (including phenoxy) is 2. The molecule has 0 aromatic carbocycles. The second-order valence-electron chi connectivity index (χ2n) is 4.20. The van der Waals surface area contributed by atoms with Crippen LogP contribution >= 0.6 is 7.82 Å². The second-order valence-corrected chi connectivity index (χ2v) is 5.66. The lowest BCUT2D eigenvalue weighted by molar-refractivity contribution is -0.371. The van der Waals surface area contributed by atoms with Crippen LogP contribution < -0.4 is 10.8 Å². The van der Waals surface area contributed by atoms with E-state index in [4.69, 9.17) is 9.26 Å². The van der Waals surface area contributed by atoms with Gasteiger partial charge in [-0.25, -0.2) is 4.57 Å². The summed E-state index contributed by atoms with van der Waals surface area (Å²) in [7, 11) is -4.27. The zero-order valence-corrected chi connectivity index (χ0v) is 13.3. The number of carbonyl (C=O) groups is 1. The molecule has 0 aromatic rings. The van der Waals surface area contributed by atoms with E-state index in [1.54, 1.807) is 0 Å². The molecule has 0 spiro atoms. The Kier molecular flexibility index (Phi) is 10.9. The van der Waals surface area contributed by atoms with E-state index in [-0.39, 0.29) is 26.2 Å². The number of phosphoric acid groups is 1. The van der Waals surface area contributed by atoms with Crippen molar-refractivity contribution < 1.29 is 43.6 Å². The minimum Gasteiger partial charge on any atom is -0.610 e. The number of esters is 1. The topological polar surface area (TPSA) is 142 Å². The highest BCUT2D eigenvalue weighted by Gasteiger charge is 2.24. The SMILES string of the molecule is C=C([O-])OC[C@@H](COP(=O)(O)OCC[NH3+])OC(=O)CCC[CH2-]. The van der Waals surface area contributed by atoms with E-state index in [9.17, 15) is 19.4 Å². The molecule has 0 radical (unpaired) electrons. The van der Waals surface area contributed by atoms with Crippen LogP contribution in [0.15, 0.2) is 12.5 Å². The van der Waals surface area contributed by atoms with Crippen LogP contribution in [-0.4, -0.2) is 43.3 Å². The maximum absolute atomic E-state index is 11.5. The summed E-state index contributed by atoms with van der Waals surface area (Å²) >= 11 is 0. The number of unbranched alkanes of at least 4 members (excludes halogenated alkanes) is 1. The van der Waals surface area contributed by atoms with E-state index in [0.29, 0.717) is 12.8 Å². The molecule has 0 aromatic heterocycles. The fourth-order valence-electron chi connectivity index (χ4n) is 1.21. The fraction of sp³-hybridized carbons (Fsp3) is 0.667. The molecule has 0 aliphatic carbocycles. The standard InChI is InChI=1S/C12H23NO8P/c1-3-4-5-12(15)21-11(8-18-10(2)14)9-20-22(16,17)19-7-6-13/h11,14H,1-9,13H2,(H,16,17)/q-1/t11-/m0/s1. The Balaban J connectivity index is 4.42. The molecule has 0 fully saturated rings. The van der Waals surface area contributed by atoms with E-state index in [0.717, 1.165) is 0 Å². The maximum Gasteiger partial charge on any atom is 0.472 e. The average molecular weight is 340 g/mol. The highest BCUT2D eigenvalue weighted by molar-refractivity contribution is 7.47. The lowest BCUT2D eigenvalue weighted by atomic mass is 10.2. The first-order chi connectivity index (χ1) is 10.3. The molecule has 4 N–H and O–H groups in total. The molecule has 130 valence electrons. The van der Waals surface area contributed by atoms with Gasteiger partial charge in [0.15, 0.2) is 0 Å². The van der Waals surface area contributed by atoms with E-state index < -0.39 is 32.4 Å². The molecular formula is C12H23NO8P-. The minimum absolute atomic E-state index is 0.0599. The number of phosphoric ester groups is 1. The van der Waals surface area contributed by atoms with Crippen molar-refractivity contribution in [2.24, 2.45) is 0 Å². The van der Waals surface area contributed by atoms with Crippen LogP contribution in [0, 0.1) is 6.92 Å². The monoisotopic (exact) mass is 340 g/mol. The molecule has 2 atom stereocenters. The fourth-order valence-corrected chi connectivity index (χ4v) is 2.00. The zero-order valence-electron chi connectivity index (χ0n) is 12.4. The van der Waals surface area contributed by atoms with Crippen molar-refractivity contribution in [3.8, 4) is 0 Å². The zero-order chi connectivity index (χ0) is 17.0. The molecular weight excluding hydrogens is 317 g/mol. The van der Waals surface area contributed by atoms with Gasteiger partial charge in [0, 0.05) is 19.0 Å². The molecule has 0 rings (SSSR count). The average Bonchev–Trinajstić information content (AvgIpc) is 2.45. The van der Waals surface area contributed by atoms with Crippen molar-refractivity contribution in [3.05, 3.63) is 19.4 Å². The van der Waals surface area contributed by atoms with E-state index >= 15 is 0 Å². The van der Waals surface area contributed by atoms with Crippen LogP contribution in [0.5, 0.6) is 0 Å². The maximum atomic E-state index is 11.5. The van der Waals surface area contributed by atoms with E-state index in [1.165, 1.54) is 0 Å². The third-order valence-corrected chi connectivity index (χ3v) is 3.17. The summed E-state index contributed by atoms with van der Waals surface area (Å²) in [5.41, 5.74) is 3.45. The van der Waals surface area contributed by atoms with Crippen molar-refractivity contribution in [2.45, 2.75) is 25.4 Å². The molecule has 0 aliphatic heterocycles. The highest BCUT2D eigenvalue weighted by Crippen LogP contribution is 2.42. The Bertz CT molecular complexity index is 389. The molecule has 10 heteroatoms. The first-order valence-electron chi connectivity index (χ1n) is 6.69. The molecule has 0 bridgehead atoms. The first kappa shape index (κ1) is 20.9. The van der Waals surface area contributed by atoms with Gasteiger partial charge in [0.05, 0.1) is 13.2 Å². The Morgan fingerprint density at radius 2 is 2.09 bits per heavy atom. The van der Waals surface area contributed by atoms with Crippen LogP contribution in [-0.2, 0) is 27.9 Å². The summed E-state index contributed by atoms with van der Waals surface area (Å²) in [6, 6.07) is 0. The summed E-state index contributed by atoms with van der Waals surface area (Å²) in [6.45, 7) is 6.02. The quantitative estimate of drug-likeness (QED) is 0.191. The Hall–Kier alpha value is -1.12. The van der Waals surface area contributed by atoms with Crippen LogP contribution in [0.25, 0.3) is 0 Å². The number of quaternary nitrogens is 1. The molecule has 0 saturated carbocycles. The van der Waals surface area contributed by atoms with Crippen LogP contribution in [0.1, 0.15) is 19.3 Å². The van der Waals surface area contributed by atoms with Crippen LogP contribution in [0.2, 0.25) is 0 Å². The van der Waals surface area contributed by atoms with Gasteiger partial charge in [0.2, 0.25) is 0 Å². The van der Waals surface area contributed by atoms with Gasteiger partial charge in [-0.15, -0.1) is 0 Å². The molecule has 0 amide bonds. The number of rotatable bonds is 13. The van der Waals surface area contributed by atoms with Crippen LogP contribution in [0.4, 0.5) is 0 Å². The van der Waals surface area contributed by atoms with Gasteiger partial charge in [-0.2, -0.15) is 6.42 Å². The molecule has 0 saturated heterocycles. The lowest BCUT2D eigenvalue weighted by Crippen LogP contribution is -2.52.